The Morgan fingerprint density at radius 2 is 1.71 bits per heavy atom. The standard InChI is InChI=1S/C24H23N5O2/c1-18-7-9-19(10-8-18)23-26-16-20(15-25)24(31)29(23)17-22(30)28-13-11-27(12-14-28)21-5-3-2-4-6-21/h2-10,16H,11-14,17H2,1H3. The summed E-state index contributed by atoms with van der Waals surface area (Å²) in [5.41, 5.74) is 2.38. The van der Waals surface area contributed by atoms with Gasteiger partial charge in [0.05, 0.1) is 6.20 Å². The molecule has 0 spiro atoms. The number of piperazine rings is 1. The van der Waals surface area contributed by atoms with Gasteiger partial charge in [0.15, 0.2) is 0 Å². The van der Waals surface area contributed by atoms with E-state index in [1.807, 2.05) is 55.5 Å². The molecule has 1 fully saturated rings. The van der Waals surface area contributed by atoms with Crippen LogP contribution < -0.4 is 10.5 Å². The first kappa shape index (κ1) is 20.4. The van der Waals surface area contributed by atoms with Gasteiger partial charge in [0.2, 0.25) is 5.91 Å². The zero-order chi connectivity index (χ0) is 21.8. The number of hydrogen-bond acceptors (Lipinski definition) is 5. The van der Waals surface area contributed by atoms with Crippen molar-refractivity contribution in [1.82, 2.24) is 14.5 Å². The van der Waals surface area contributed by atoms with Crippen LogP contribution in [-0.2, 0) is 11.3 Å². The number of anilines is 1. The van der Waals surface area contributed by atoms with Gasteiger partial charge in [0.1, 0.15) is 24.0 Å². The average molecular weight is 413 g/mol. The van der Waals surface area contributed by atoms with Crippen LogP contribution in [0.15, 0.2) is 65.6 Å². The fraction of sp³-hybridized carbons (Fsp3) is 0.250. The topological polar surface area (TPSA) is 82.2 Å². The van der Waals surface area contributed by atoms with Gasteiger partial charge >= 0.3 is 0 Å². The first-order chi connectivity index (χ1) is 15.1. The van der Waals surface area contributed by atoms with E-state index in [-0.39, 0.29) is 18.0 Å². The van der Waals surface area contributed by atoms with Crippen molar-refractivity contribution < 1.29 is 4.79 Å². The first-order valence-corrected chi connectivity index (χ1v) is 10.2. The summed E-state index contributed by atoms with van der Waals surface area (Å²) in [6.07, 6.45) is 1.27. The molecule has 2 aromatic carbocycles. The predicted octanol–water partition coefficient (Wildman–Crippen LogP) is 2.44. The van der Waals surface area contributed by atoms with Gasteiger partial charge in [-0.1, -0.05) is 48.0 Å². The van der Waals surface area contributed by atoms with E-state index in [4.69, 9.17) is 0 Å². The summed E-state index contributed by atoms with van der Waals surface area (Å²) in [5.74, 6) is 0.236. The highest BCUT2D eigenvalue weighted by Gasteiger charge is 2.23. The molecule has 4 rings (SSSR count). The molecule has 1 amide bonds. The molecule has 0 radical (unpaired) electrons. The van der Waals surface area contributed by atoms with E-state index in [9.17, 15) is 14.9 Å². The molecule has 1 saturated heterocycles. The summed E-state index contributed by atoms with van der Waals surface area (Å²) in [6, 6.07) is 19.6. The lowest BCUT2D eigenvalue weighted by atomic mass is 10.1. The SMILES string of the molecule is Cc1ccc(-c2ncc(C#N)c(=O)n2CC(=O)N2CCN(c3ccccc3)CC2)cc1. The summed E-state index contributed by atoms with van der Waals surface area (Å²) in [7, 11) is 0. The van der Waals surface area contributed by atoms with Crippen molar-refractivity contribution in [3.05, 3.63) is 82.3 Å². The number of amides is 1. The molecule has 31 heavy (non-hydrogen) atoms. The second-order valence-electron chi connectivity index (χ2n) is 7.57. The van der Waals surface area contributed by atoms with E-state index < -0.39 is 5.56 Å². The number of carbonyl (C=O) groups excluding carboxylic acids is 1. The lowest BCUT2D eigenvalue weighted by Gasteiger charge is -2.36. The van der Waals surface area contributed by atoms with E-state index in [1.165, 1.54) is 10.8 Å². The van der Waals surface area contributed by atoms with Crippen molar-refractivity contribution in [1.29, 1.82) is 5.26 Å². The Kier molecular flexibility index (Phi) is 5.80. The zero-order valence-electron chi connectivity index (χ0n) is 17.4. The third-order valence-corrected chi connectivity index (χ3v) is 5.52. The molecule has 0 atom stereocenters. The summed E-state index contributed by atoms with van der Waals surface area (Å²) < 4.78 is 1.31. The molecule has 156 valence electrons. The van der Waals surface area contributed by atoms with Crippen molar-refractivity contribution in [2.24, 2.45) is 0 Å². The van der Waals surface area contributed by atoms with E-state index in [0.29, 0.717) is 18.9 Å². The smallest absolute Gasteiger partial charge is 0.272 e. The summed E-state index contributed by atoms with van der Waals surface area (Å²) in [4.78, 5) is 34.2. The van der Waals surface area contributed by atoms with Crippen LogP contribution in [-0.4, -0.2) is 46.5 Å². The van der Waals surface area contributed by atoms with Gasteiger partial charge in [-0.05, 0) is 19.1 Å². The van der Waals surface area contributed by atoms with E-state index in [2.05, 4.69) is 22.0 Å². The van der Waals surface area contributed by atoms with Gasteiger partial charge in [-0.2, -0.15) is 5.26 Å². The fourth-order valence-corrected chi connectivity index (χ4v) is 3.74. The molecule has 3 aromatic rings. The third kappa shape index (κ3) is 4.33. The molecule has 0 aliphatic carbocycles. The van der Waals surface area contributed by atoms with E-state index in [1.54, 1.807) is 4.90 Å². The molecule has 7 heteroatoms. The number of carbonyl (C=O) groups is 1. The molecule has 2 heterocycles. The Hall–Kier alpha value is -3.92. The number of rotatable bonds is 4. The molecule has 1 aliphatic heterocycles. The number of benzene rings is 2. The summed E-state index contributed by atoms with van der Waals surface area (Å²) in [5, 5.41) is 9.26. The Morgan fingerprint density at radius 1 is 1.03 bits per heavy atom. The number of aromatic nitrogens is 2. The van der Waals surface area contributed by atoms with Crippen molar-refractivity contribution in [3.63, 3.8) is 0 Å². The molecule has 0 N–H and O–H groups in total. The number of hydrogen-bond donors (Lipinski definition) is 0. The van der Waals surface area contributed by atoms with Crippen molar-refractivity contribution in [2.75, 3.05) is 31.1 Å². The minimum atomic E-state index is -0.496. The van der Waals surface area contributed by atoms with Gasteiger partial charge in [0.25, 0.3) is 5.56 Å². The third-order valence-electron chi connectivity index (χ3n) is 5.52. The number of aryl methyl sites for hydroxylation is 1. The average Bonchev–Trinajstić information content (AvgIpc) is 2.81. The Labute approximate surface area is 180 Å². The van der Waals surface area contributed by atoms with Gasteiger partial charge in [-0.3, -0.25) is 14.2 Å². The normalized spacial score (nSPS) is 13.7. The van der Waals surface area contributed by atoms with Gasteiger partial charge in [-0.15, -0.1) is 0 Å². The number of nitriles is 1. The fourth-order valence-electron chi connectivity index (χ4n) is 3.74. The van der Waals surface area contributed by atoms with Crippen molar-refractivity contribution >= 4 is 11.6 Å². The van der Waals surface area contributed by atoms with Crippen LogP contribution in [0.5, 0.6) is 0 Å². The zero-order valence-corrected chi connectivity index (χ0v) is 17.4. The highest BCUT2D eigenvalue weighted by atomic mass is 16.2. The van der Waals surface area contributed by atoms with Crippen LogP contribution in [0.2, 0.25) is 0 Å². The minimum absolute atomic E-state index is 0.0717. The first-order valence-electron chi connectivity index (χ1n) is 10.2. The van der Waals surface area contributed by atoms with Crippen LogP contribution in [0, 0.1) is 18.3 Å². The van der Waals surface area contributed by atoms with Crippen LogP contribution >= 0.6 is 0 Å². The summed E-state index contributed by atoms with van der Waals surface area (Å²) in [6.45, 7) is 4.44. The highest BCUT2D eigenvalue weighted by molar-refractivity contribution is 5.77. The van der Waals surface area contributed by atoms with Gasteiger partial charge in [-0.25, -0.2) is 4.98 Å². The monoisotopic (exact) mass is 413 g/mol. The maximum Gasteiger partial charge on any atom is 0.272 e. The molecule has 0 saturated carbocycles. The van der Waals surface area contributed by atoms with Crippen molar-refractivity contribution in [3.8, 4) is 17.5 Å². The second-order valence-corrected chi connectivity index (χ2v) is 7.57. The van der Waals surface area contributed by atoms with Gasteiger partial charge < -0.3 is 9.80 Å². The quantitative estimate of drug-likeness (QED) is 0.656. The maximum atomic E-state index is 13.0. The Balaban J connectivity index is 1.55. The molecule has 1 aromatic heterocycles. The molecule has 1 aliphatic rings. The van der Waals surface area contributed by atoms with Crippen molar-refractivity contribution in [2.45, 2.75) is 13.5 Å². The molecule has 0 bridgehead atoms. The van der Waals surface area contributed by atoms with Crippen LogP contribution in [0.25, 0.3) is 11.4 Å². The molecular formula is C24H23N5O2. The van der Waals surface area contributed by atoms with E-state index >= 15 is 0 Å². The van der Waals surface area contributed by atoms with Crippen LogP contribution in [0.1, 0.15) is 11.1 Å². The summed E-state index contributed by atoms with van der Waals surface area (Å²) >= 11 is 0. The molecule has 0 unspecified atom stereocenters. The molecular weight excluding hydrogens is 390 g/mol. The van der Waals surface area contributed by atoms with Crippen LogP contribution in [0.4, 0.5) is 5.69 Å². The van der Waals surface area contributed by atoms with E-state index in [0.717, 1.165) is 29.9 Å². The lowest BCUT2D eigenvalue weighted by molar-refractivity contribution is -0.132. The predicted molar refractivity (Wildman–Crippen MR) is 119 cm³/mol. The highest BCUT2D eigenvalue weighted by Crippen LogP contribution is 2.18. The number of nitrogens with zero attached hydrogens (tertiary/aromatic N) is 5. The minimum Gasteiger partial charge on any atom is -0.368 e. The van der Waals surface area contributed by atoms with Crippen LogP contribution in [0.3, 0.4) is 0 Å². The second kappa shape index (κ2) is 8.84. The lowest BCUT2D eigenvalue weighted by Crippen LogP contribution is -2.50. The largest absolute Gasteiger partial charge is 0.368 e. The van der Waals surface area contributed by atoms with Gasteiger partial charge in [0, 0.05) is 37.4 Å². The Bertz CT molecular complexity index is 1170. The molecule has 7 nitrogen and oxygen atoms in total. The number of para-hydroxylation sites is 1. The Morgan fingerprint density at radius 3 is 2.35 bits per heavy atom. The maximum absolute atomic E-state index is 13.0.